The first-order chi connectivity index (χ1) is 7.84. The van der Waals surface area contributed by atoms with Gasteiger partial charge in [0.05, 0.1) is 5.56 Å². The van der Waals surface area contributed by atoms with Crippen LogP contribution in [0, 0.1) is 0 Å². The fraction of sp³-hybridized carbons (Fsp3) is 0. The molecule has 0 aliphatic rings. The average molecular weight is 211 g/mol. The predicted molar refractivity (Wildman–Crippen MR) is 61.7 cm³/mol. The number of pyridine rings is 1. The van der Waals surface area contributed by atoms with Crippen LogP contribution in [0.3, 0.4) is 0 Å². The van der Waals surface area contributed by atoms with Gasteiger partial charge in [-0.25, -0.2) is 9.97 Å². The lowest BCUT2D eigenvalue weighted by atomic mass is 10.2. The highest BCUT2D eigenvalue weighted by Crippen LogP contribution is 2.26. The molecule has 2 aromatic heterocycles. The van der Waals surface area contributed by atoms with Gasteiger partial charge in [0.25, 0.3) is 0 Å². The summed E-state index contributed by atoms with van der Waals surface area (Å²) in [6.45, 7) is 0. The van der Waals surface area contributed by atoms with E-state index in [0.717, 1.165) is 11.1 Å². The van der Waals surface area contributed by atoms with Crippen molar-refractivity contribution in [2.75, 3.05) is 5.73 Å². The zero-order chi connectivity index (χ0) is 11.0. The minimum absolute atomic E-state index is 0.506. The van der Waals surface area contributed by atoms with Crippen LogP contribution in [-0.4, -0.2) is 9.97 Å². The minimum atomic E-state index is 0.506. The first kappa shape index (κ1) is 8.91. The Kier molecular flexibility index (Phi) is 1.86. The number of hydrogen-bond acceptors (Lipinski definition) is 4. The van der Waals surface area contributed by atoms with E-state index in [0.29, 0.717) is 17.3 Å². The zero-order valence-electron chi connectivity index (χ0n) is 8.42. The van der Waals surface area contributed by atoms with Crippen LogP contribution in [0.5, 0.6) is 0 Å². The Balaban J connectivity index is 2.23. The molecular formula is C12H9N3O. The number of nitrogens with zero attached hydrogens (tertiary/aromatic N) is 2. The van der Waals surface area contributed by atoms with Crippen molar-refractivity contribution < 1.29 is 4.42 Å². The van der Waals surface area contributed by atoms with Crippen LogP contribution in [0.25, 0.3) is 22.7 Å². The molecule has 0 fully saturated rings. The van der Waals surface area contributed by atoms with Crippen LogP contribution < -0.4 is 5.73 Å². The van der Waals surface area contributed by atoms with E-state index in [4.69, 9.17) is 10.2 Å². The summed E-state index contributed by atoms with van der Waals surface area (Å²) in [7, 11) is 0. The summed E-state index contributed by atoms with van der Waals surface area (Å²) in [5, 5.41) is 0. The van der Waals surface area contributed by atoms with Crippen LogP contribution in [0.2, 0.25) is 0 Å². The summed E-state index contributed by atoms with van der Waals surface area (Å²) in [4.78, 5) is 8.42. The normalized spacial score (nSPS) is 10.8. The Bertz CT molecular complexity index is 612. The number of benzene rings is 1. The number of hydrogen-bond donors (Lipinski definition) is 1. The van der Waals surface area contributed by atoms with Crippen molar-refractivity contribution in [3.8, 4) is 11.5 Å². The smallest absolute Gasteiger partial charge is 0.247 e. The lowest BCUT2D eigenvalue weighted by Gasteiger charge is -1.98. The highest BCUT2D eigenvalue weighted by atomic mass is 16.4. The van der Waals surface area contributed by atoms with E-state index in [1.807, 2.05) is 36.4 Å². The Morgan fingerprint density at radius 1 is 1.06 bits per heavy atom. The van der Waals surface area contributed by atoms with Crippen molar-refractivity contribution >= 4 is 16.9 Å². The fourth-order valence-corrected chi connectivity index (χ4v) is 1.58. The quantitative estimate of drug-likeness (QED) is 0.628. The standard InChI is InChI=1S/C12H9N3O/c13-9-5-2-1-4-8(9)11-15-10-6-3-7-14-12(10)16-11/h1-7H,13H2. The molecule has 0 aliphatic heterocycles. The molecule has 78 valence electrons. The highest BCUT2D eigenvalue weighted by molar-refractivity contribution is 5.77. The Morgan fingerprint density at radius 2 is 1.94 bits per heavy atom. The van der Waals surface area contributed by atoms with Crippen LogP contribution in [0.1, 0.15) is 0 Å². The molecule has 0 bridgehead atoms. The van der Waals surface area contributed by atoms with Crippen LogP contribution in [0.4, 0.5) is 5.69 Å². The Hall–Kier alpha value is -2.36. The summed E-state index contributed by atoms with van der Waals surface area (Å²) in [6, 6.07) is 11.1. The molecule has 2 N–H and O–H groups in total. The van der Waals surface area contributed by atoms with Gasteiger partial charge < -0.3 is 10.2 Å². The molecule has 16 heavy (non-hydrogen) atoms. The van der Waals surface area contributed by atoms with E-state index in [9.17, 15) is 0 Å². The highest BCUT2D eigenvalue weighted by Gasteiger charge is 2.10. The topological polar surface area (TPSA) is 64.9 Å². The summed E-state index contributed by atoms with van der Waals surface area (Å²) in [6.07, 6.45) is 1.67. The Morgan fingerprint density at radius 3 is 2.75 bits per heavy atom. The van der Waals surface area contributed by atoms with Crippen LogP contribution in [0.15, 0.2) is 47.0 Å². The van der Waals surface area contributed by atoms with Gasteiger partial charge in [-0.1, -0.05) is 12.1 Å². The van der Waals surface area contributed by atoms with Crippen LogP contribution >= 0.6 is 0 Å². The van der Waals surface area contributed by atoms with Gasteiger partial charge in [-0.2, -0.15) is 0 Å². The van der Waals surface area contributed by atoms with Gasteiger partial charge >= 0.3 is 0 Å². The second-order valence-electron chi connectivity index (χ2n) is 3.43. The van der Waals surface area contributed by atoms with Crippen molar-refractivity contribution in [1.29, 1.82) is 0 Å². The SMILES string of the molecule is Nc1ccccc1-c1nc2cccnc2o1. The van der Waals surface area contributed by atoms with E-state index in [-0.39, 0.29) is 0 Å². The molecule has 0 aliphatic carbocycles. The maximum Gasteiger partial charge on any atom is 0.247 e. The van der Waals surface area contributed by atoms with Gasteiger partial charge in [0.15, 0.2) is 0 Å². The van der Waals surface area contributed by atoms with Crippen LogP contribution in [-0.2, 0) is 0 Å². The molecule has 3 rings (SSSR count). The Labute approximate surface area is 91.7 Å². The van der Waals surface area contributed by atoms with Gasteiger partial charge in [0.1, 0.15) is 5.52 Å². The summed E-state index contributed by atoms with van der Waals surface area (Å²) in [5.74, 6) is 0.506. The summed E-state index contributed by atoms with van der Waals surface area (Å²) in [5.41, 5.74) is 8.56. The third-order valence-electron chi connectivity index (χ3n) is 2.36. The van der Waals surface area contributed by atoms with E-state index < -0.39 is 0 Å². The molecule has 0 saturated carbocycles. The largest absolute Gasteiger partial charge is 0.418 e. The molecule has 0 saturated heterocycles. The minimum Gasteiger partial charge on any atom is -0.418 e. The number of rotatable bonds is 1. The van der Waals surface area contributed by atoms with Gasteiger partial charge in [0, 0.05) is 11.9 Å². The zero-order valence-corrected chi connectivity index (χ0v) is 8.42. The van der Waals surface area contributed by atoms with E-state index >= 15 is 0 Å². The monoisotopic (exact) mass is 211 g/mol. The van der Waals surface area contributed by atoms with E-state index in [1.165, 1.54) is 0 Å². The maximum atomic E-state index is 5.85. The molecule has 0 atom stereocenters. The van der Waals surface area contributed by atoms with Crippen molar-refractivity contribution in [2.24, 2.45) is 0 Å². The predicted octanol–water partition coefficient (Wildman–Crippen LogP) is 2.47. The molecule has 0 radical (unpaired) electrons. The molecular weight excluding hydrogens is 202 g/mol. The second-order valence-corrected chi connectivity index (χ2v) is 3.43. The number of anilines is 1. The molecule has 4 heteroatoms. The lowest BCUT2D eigenvalue weighted by molar-refractivity contribution is 0.608. The number of nitrogens with two attached hydrogens (primary N) is 1. The fourth-order valence-electron chi connectivity index (χ4n) is 1.58. The number of aromatic nitrogens is 2. The number of oxazole rings is 1. The molecule has 4 nitrogen and oxygen atoms in total. The third-order valence-corrected chi connectivity index (χ3v) is 2.36. The molecule has 1 aromatic carbocycles. The van der Waals surface area contributed by atoms with Crippen molar-refractivity contribution in [2.45, 2.75) is 0 Å². The number of nitrogen functional groups attached to an aromatic ring is 1. The van der Waals surface area contributed by atoms with E-state index in [1.54, 1.807) is 6.20 Å². The molecule has 0 amide bonds. The van der Waals surface area contributed by atoms with Gasteiger partial charge in [-0.3, -0.25) is 0 Å². The maximum absolute atomic E-state index is 5.85. The molecule has 3 aromatic rings. The van der Waals surface area contributed by atoms with Crippen molar-refractivity contribution in [3.05, 3.63) is 42.6 Å². The number of para-hydroxylation sites is 1. The summed E-state index contributed by atoms with van der Waals surface area (Å²) < 4.78 is 5.53. The number of fused-ring (bicyclic) bond motifs is 1. The lowest BCUT2D eigenvalue weighted by Crippen LogP contribution is -1.88. The van der Waals surface area contributed by atoms with Gasteiger partial charge in [-0.05, 0) is 24.3 Å². The van der Waals surface area contributed by atoms with E-state index in [2.05, 4.69) is 9.97 Å². The first-order valence-electron chi connectivity index (χ1n) is 4.91. The molecule has 0 spiro atoms. The average Bonchev–Trinajstić information content (AvgIpc) is 2.73. The van der Waals surface area contributed by atoms with Gasteiger partial charge in [0.2, 0.25) is 11.6 Å². The van der Waals surface area contributed by atoms with Gasteiger partial charge in [-0.15, -0.1) is 0 Å². The summed E-state index contributed by atoms with van der Waals surface area (Å²) >= 11 is 0. The van der Waals surface area contributed by atoms with Crippen molar-refractivity contribution in [3.63, 3.8) is 0 Å². The first-order valence-corrected chi connectivity index (χ1v) is 4.91. The van der Waals surface area contributed by atoms with Crippen molar-refractivity contribution in [1.82, 2.24) is 9.97 Å². The third kappa shape index (κ3) is 1.32. The molecule has 2 heterocycles. The molecule has 0 unspecified atom stereocenters. The second kappa shape index (κ2) is 3.34.